The van der Waals surface area contributed by atoms with Gasteiger partial charge in [0.1, 0.15) is 5.78 Å². The molecule has 4 aliphatic carbocycles. The van der Waals surface area contributed by atoms with Gasteiger partial charge in [-0.15, -0.1) is 0 Å². The van der Waals surface area contributed by atoms with E-state index in [0.29, 0.717) is 33.9 Å². The largest absolute Gasteiger partial charge is 0.458 e. The number of Topliss-reactive ketones (excluding diaryl/α,β-unsaturated/α-hetero) is 1. The van der Waals surface area contributed by atoms with Crippen molar-refractivity contribution >= 4 is 32.2 Å². The van der Waals surface area contributed by atoms with Crippen molar-refractivity contribution in [1.82, 2.24) is 0 Å². The first-order valence-corrected chi connectivity index (χ1v) is 21.5. The van der Waals surface area contributed by atoms with Crippen molar-refractivity contribution in [2.45, 2.75) is 131 Å². The fourth-order valence-electron chi connectivity index (χ4n) is 8.52. The van der Waals surface area contributed by atoms with E-state index in [0.717, 1.165) is 16.7 Å². The molecule has 4 saturated carbocycles. The zero-order chi connectivity index (χ0) is 39.0. The lowest BCUT2D eigenvalue weighted by Gasteiger charge is -2.53. The van der Waals surface area contributed by atoms with Crippen molar-refractivity contribution in [1.29, 1.82) is 0 Å². The number of carbonyl (C=O) groups is 2. The average Bonchev–Trinajstić information content (AvgIpc) is 3.07. The van der Waals surface area contributed by atoms with Crippen LogP contribution in [0.15, 0.2) is 87.5 Å². The molecule has 0 aliphatic heterocycles. The quantitative estimate of drug-likeness (QED) is 0.202. The Morgan fingerprint density at radius 1 is 0.660 bits per heavy atom. The van der Waals surface area contributed by atoms with Crippen LogP contribution < -0.4 is 0 Å². The summed E-state index contributed by atoms with van der Waals surface area (Å²) in [6.45, 7) is 16.8. The molecule has 6 nitrogen and oxygen atoms in total. The molecule has 0 heterocycles. The molecule has 53 heavy (non-hydrogen) atoms. The summed E-state index contributed by atoms with van der Waals surface area (Å²) in [4.78, 5) is 27.5. The molecule has 0 aromatic heterocycles. The van der Waals surface area contributed by atoms with Crippen molar-refractivity contribution in [2.75, 3.05) is 6.61 Å². The number of hydrogen-bond donors (Lipinski definition) is 0. The summed E-state index contributed by atoms with van der Waals surface area (Å²) in [7, 11) is -9.15. The predicted octanol–water partition coefficient (Wildman–Crippen LogP) is 10.7. The summed E-state index contributed by atoms with van der Waals surface area (Å²) >= 11 is 0. The number of hydrogen-bond acceptors (Lipinski definition) is 6. The highest BCUT2D eigenvalue weighted by molar-refractivity contribution is 8.33. The van der Waals surface area contributed by atoms with E-state index in [4.69, 9.17) is 8.37 Å². The summed E-state index contributed by atoms with van der Waals surface area (Å²) in [5.41, 5.74) is 1.21. The second-order valence-electron chi connectivity index (χ2n) is 18.6. The Bertz CT molecular complexity index is 1810. The predicted molar refractivity (Wildman–Crippen MR) is 205 cm³/mol. The Morgan fingerprint density at radius 3 is 1.36 bits per heavy atom. The number of carbonyl (C=O) groups excluding carboxylic acids is 2. The lowest BCUT2D eigenvalue weighted by Crippen LogP contribution is -2.55. The highest BCUT2D eigenvalue weighted by Crippen LogP contribution is 2.71. The van der Waals surface area contributed by atoms with Gasteiger partial charge in [0.05, 0.1) is 5.41 Å². The number of benzene rings is 3. The average molecular weight is 769 g/mol. The molecule has 4 fully saturated rings. The number of ether oxygens (including phenoxy) is 1. The lowest BCUT2D eigenvalue weighted by molar-refractivity contribution is -0.178. The molecular formula is C43H54F2O6S2. The number of ketones is 1. The molecule has 4 bridgehead atoms. The van der Waals surface area contributed by atoms with Gasteiger partial charge in [0.15, 0.2) is 6.61 Å². The standard InChI is InChI=1S/C43H54F2O6S2/c1-39(2,3)31-10-16-34(17-11-31)52(35-18-12-32(13-19-35)40(4,5)6,36-20-14-33(15-21-36)41(7,8)9)51-53(48,49)43(44,45)27-50-38(47)42-24-28-22-29(25-42)37(46)30(23-28)26-42/h10-21,28-30H,22-27H2,1-9H3. The summed E-state index contributed by atoms with van der Waals surface area (Å²) in [6.07, 6.45) is 2.41. The van der Waals surface area contributed by atoms with Crippen LogP contribution in [-0.2, 0) is 44.3 Å². The maximum absolute atomic E-state index is 16.3. The van der Waals surface area contributed by atoms with E-state index in [-0.39, 0.29) is 52.6 Å². The first-order valence-electron chi connectivity index (χ1n) is 18.6. The second kappa shape index (κ2) is 13.3. The Kier molecular flexibility index (Phi) is 9.94. The summed E-state index contributed by atoms with van der Waals surface area (Å²) in [5, 5.41) is -4.58. The summed E-state index contributed by atoms with van der Waals surface area (Å²) in [5.74, 6) is -1.10. The smallest absolute Gasteiger partial charge is 0.403 e. The van der Waals surface area contributed by atoms with Gasteiger partial charge in [-0.1, -0.05) is 98.7 Å². The molecule has 288 valence electrons. The fourth-order valence-corrected chi connectivity index (χ4v) is 13.5. The fraction of sp³-hybridized carbons (Fsp3) is 0.535. The molecule has 0 saturated heterocycles. The van der Waals surface area contributed by atoms with Crippen molar-refractivity contribution in [3.8, 4) is 0 Å². The van der Waals surface area contributed by atoms with E-state index >= 15 is 8.78 Å². The monoisotopic (exact) mass is 768 g/mol. The molecule has 3 aromatic carbocycles. The topological polar surface area (TPSA) is 86.7 Å². The molecular weight excluding hydrogens is 715 g/mol. The number of alkyl halides is 2. The molecule has 3 aromatic rings. The number of halogens is 2. The highest BCUT2D eigenvalue weighted by Gasteiger charge is 2.60. The van der Waals surface area contributed by atoms with E-state index in [1.54, 1.807) is 36.4 Å². The van der Waals surface area contributed by atoms with Crippen LogP contribution in [0.5, 0.6) is 0 Å². The zero-order valence-corrected chi connectivity index (χ0v) is 34.1. The van der Waals surface area contributed by atoms with Crippen molar-refractivity contribution in [2.24, 2.45) is 23.2 Å². The summed E-state index contributed by atoms with van der Waals surface area (Å²) in [6, 6.07) is 21.9. The van der Waals surface area contributed by atoms with Gasteiger partial charge in [-0.05, 0) is 118 Å². The maximum atomic E-state index is 16.3. The van der Waals surface area contributed by atoms with Crippen molar-refractivity contribution in [3.05, 3.63) is 89.5 Å². The zero-order valence-electron chi connectivity index (χ0n) is 32.4. The Hall–Kier alpha value is -3.08. The SMILES string of the molecule is CC(C)(C)c1ccc(S(OS(=O)(=O)C(F)(F)COC(=O)C23CC4CC(C2)C(=O)C(C4)C3)(c2ccc(C(C)(C)C)cc2)c2ccc(C(C)(C)C)cc2)cc1. The molecule has 0 amide bonds. The molecule has 7 rings (SSSR count). The maximum Gasteiger partial charge on any atom is 0.403 e. The molecule has 0 spiro atoms. The van der Waals surface area contributed by atoms with E-state index < -0.39 is 43.7 Å². The van der Waals surface area contributed by atoms with Gasteiger partial charge in [-0.2, -0.15) is 17.2 Å². The van der Waals surface area contributed by atoms with Gasteiger partial charge in [0, 0.05) is 26.5 Å². The van der Waals surface area contributed by atoms with Crippen LogP contribution >= 0.6 is 10.3 Å². The molecule has 0 radical (unpaired) electrons. The van der Waals surface area contributed by atoms with E-state index in [2.05, 4.69) is 62.3 Å². The third-order valence-corrected chi connectivity index (χ3v) is 16.7. The minimum absolute atomic E-state index is 0.145. The van der Waals surface area contributed by atoms with Crippen LogP contribution in [0.25, 0.3) is 0 Å². The van der Waals surface area contributed by atoms with Crippen LogP contribution in [0.3, 0.4) is 0 Å². The van der Waals surface area contributed by atoms with Crippen molar-refractivity contribution < 1.29 is 35.2 Å². The van der Waals surface area contributed by atoms with E-state index in [1.165, 1.54) is 0 Å². The summed E-state index contributed by atoms with van der Waals surface area (Å²) < 4.78 is 72.3. The van der Waals surface area contributed by atoms with Gasteiger partial charge >= 0.3 is 21.3 Å². The van der Waals surface area contributed by atoms with Crippen LogP contribution in [-0.4, -0.2) is 32.0 Å². The van der Waals surface area contributed by atoms with Crippen LogP contribution in [0, 0.1) is 23.2 Å². The minimum atomic E-state index is -5.77. The third kappa shape index (κ3) is 7.37. The van der Waals surface area contributed by atoms with Crippen LogP contribution in [0.1, 0.15) is 111 Å². The van der Waals surface area contributed by atoms with Gasteiger partial charge in [0.25, 0.3) is 0 Å². The van der Waals surface area contributed by atoms with Gasteiger partial charge in [-0.3, -0.25) is 9.59 Å². The molecule has 0 N–H and O–H groups in total. The third-order valence-electron chi connectivity index (χ3n) is 11.5. The van der Waals surface area contributed by atoms with Gasteiger partial charge in [-0.25, -0.2) is 3.63 Å². The Labute approximate surface area is 316 Å². The normalized spacial score (nSPS) is 24.0. The first kappa shape index (κ1) is 39.6. The Morgan fingerprint density at radius 2 is 1.02 bits per heavy atom. The van der Waals surface area contributed by atoms with Gasteiger partial charge in [0.2, 0.25) is 0 Å². The van der Waals surface area contributed by atoms with Crippen LogP contribution in [0.4, 0.5) is 8.78 Å². The van der Waals surface area contributed by atoms with E-state index in [1.807, 2.05) is 36.4 Å². The van der Waals surface area contributed by atoms with Crippen LogP contribution in [0.2, 0.25) is 0 Å². The minimum Gasteiger partial charge on any atom is -0.458 e. The lowest BCUT2D eigenvalue weighted by atomic mass is 9.49. The molecule has 2 unspecified atom stereocenters. The first-order chi connectivity index (χ1) is 24.4. The van der Waals surface area contributed by atoms with Crippen molar-refractivity contribution in [3.63, 3.8) is 0 Å². The van der Waals surface area contributed by atoms with Gasteiger partial charge < -0.3 is 4.74 Å². The second-order valence-corrected chi connectivity index (χ2v) is 23.2. The van der Waals surface area contributed by atoms with E-state index in [9.17, 15) is 18.0 Å². The molecule has 2 atom stereocenters. The number of esters is 1. The highest BCUT2D eigenvalue weighted by atomic mass is 32.3. The molecule has 4 aliphatic rings. The number of rotatable bonds is 9. The Balaban J connectivity index is 1.43. The molecule has 10 heteroatoms.